The van der Waals surface area contributed by atoms with Crippen LogP contribution in [-0.2, 0) is 0 Å². The van der Waals surface area contributed by atoms with Gasteiger partial charge in [0.05, 0.1) is 11.5 Å². The first-order chi connectivity index (χ1) is 10.0. The number of benzene rings is 1. The summed E-state index contributed by atoms with van der Waals surface area (Å²) in [7, 11) is 0. The van der Waals surface area contributed by atoms with Gasteiger partial charge in [0.15, 0.2) is 5.75 Å². The minimum atomic E-state index is -0.415. The molecule has 1 N–H and O–H groups in total. The molecule has 1 aromatic heterocycles. The predicted octanol–water partition coefficient (Wildman–Crippen LogP) is 3.68. The molecule has 6 heteroatoms. The minimum absolute atomic E-state index is 0.0431. The molecule has 2 aromatic rings. The van der Waals surface area contributed by atoms with Crippen molar-refractivity contribution in [3.8, 4) is 5.75 Å². The highest BCUT2D eigenvalue weighted by Gasteiger charge is 2.21. The average molecular weight is 289 g/mol. The second kappa shape index (κ2) is 6.30. The Bertz CT molecular complexity index is 630. The van der Waals surface area contributed by atoms with Crippen molar-refractivity contribution in [2.75, 3.05) is 12.0 Å². The van der Waals surface area contributed by atoms with E-state index < -0.39 is 4.92 Å². The number of ether oxygens (including phenoxy) is 1. The largest absolute Gasteiger partial charge is 0.487 e. The fourth-order valence-corrected chi connectivity index (χ4v) is 2.09. The maximum Gasteiger partial charge on any atom is 0.335 e. The van der Waals surface area contributed by atoms with Gasteiger partial charge in [-0.1, -0.05) is 13.0 Å². The van der Waals surface area contributed by atoms with E-state index in [0.717, 1.165) is 17.8 Å². The Morgan fingerprint density at radius 1 is 1.24 bits per heavy atom. The van der Waals surface area contributed by atoms with Crippen LogP contribution in [0, 0.1) is 24.0 Å². The highest BCUT2D eigenvalue weighted by Crippen LogP contribution is 2.35. The van der Waals surface area contributed by atoms with Crippen LogP contribution in [0.3, 0.4) is 0 Å². The van der Waals surface area contributed by atoms with Gasteiger partial charge in [-0.3, -0.25) is 20.2 Å². The molecule has 6 nitrogen and oxygen atoms in total. The summed E-state index contributed by atoms with van der Waals surface area (Å²) in [6.07, 6.45) is 0.796. The maximum absolute atomic E-state index is 11.4. The summed E-state index contributed by atoms with van der Waals surface area (Å²) in [5, 5.41) is 11.4. The van der Waals surface area contributed by atoms with Gasteiger partial charge in [-0.15, -0.1) is 0 Å². The van der Waals surface area contributed by atoms with E-state index >= 15 is 0 Å². The SMILES string of the molecule is CCCOc1cccc(Nn2c(C)ccc2C)c1[N+](=O)[O-]. The fraction of sp³-hybridized carbons (Fsp3) is 0.333. The number of anilines is 1. The standard InChI is InChI=1S/C15H19N3O3/c1-4-10-21-14-7-5-6-13(15(14)18(19)20)16-17-11(2)8-9-12(17)3/h5-9,16H,4,10H2,1-3H3. The van der Waals surface area contributed by atoms with Crippen molar-refractivity contribution in [3.63, 3.8) is 0 Å². The molecule has 0 amide bonds. The molecule has 0 aliphatic rings. The lowest BCUT2D eigenvalue weighted by atomic mass is 10.2. The number of rotatable bonds is 6. The maximum atomic E-state index is 11.4. The summed E-state index contributed by atoms with van der Waals surface area (Å²) < 4.78 is 7.29. The number of para-hydroxylation sites is 1. The zero-order valence-electron chi connectivity index (χ0n) is 12.4. The van der Waals surface area contributed by atoms with Crippen LogP contribution < -0.4 is 10.2 Å². The zero-order valence-corrected chi connectivity index (χ0v) is 12.4. The molecule has 0 bridgehead atoms. The molecule has 0 saturated heterocycles. The van der Waals surface area contributed by atoms with Crippen molar-refractivity contribution in [2.24, 2.45) is 0 Å². The van der Waals surface area contributed by atoms with E-state index in [1.807, 2.05) is 37.6 Å². The second-order valence-electron chi connectivity index (χ2n) is 4.82. The van der Waals surface area contributed by atoms with Crippen LogP contribution in [0.4, 0.5) is 11.4 Å². The Balaban J connectivity index is 2.41. The van der Waals surface area contributed by atoms with Crippen molar-refractivity contribution in [1.29, 1.82) is 0 Å². The summed E-state index contributed by atoms with van der Waals surface area (Å²) >= 11 is 0. The van der Waals surface area contributed by atoms with Gasteiger partial charge < -0.3 is 4.74 Å². The third-order valence-corrected chi connectivity index (χ3v) is 3.15. The lowest BCUT2D eigenvalue weighted by molar-refractivity contribution is -0.385. The van der Waals surface area contributed by atoms with E-state index in [1.54, 1.807) is 18.2 Å². The van der Waals surface area contributed by atoms with Crippen molar-refractivity contribution in [3.05, 3.63) is 51.8 Å². The first-order valence-electron chi connectivity index (χ1n) is 6.86. The molecule has 112 valence electrons. The Morgan fingerprint density at radius 3 is 2.48 bits per heavy atom. The average Bonchev–Trinajstić information content (AvgIpc) is 2.76. The quantitative estimate of drug-likeness (QED) is 0.650. The lowest BCUT2D eigenvalue weighted by Crippen LogP contribution is -2.14. The van der Waals surface area contributed by atoms with E-state index in [0.29, 0.717) is 12.3 Å². The van der Waals surface area contributed by atoms with Gasteiger partial charge in [0, 0.05) is 11.4 Å². The normalized spacial score (nSPS) is 10.4. The summed E-state index contributed by atoms with van der Waals surface area (Å²) in [5.41, 5.74) is 5.40. The highest BCUT2D eigenvalue weighted by atomic mass is 16.6. The van der Waals surface area contributed by atoms with Gasteiger partial charge in [0.2, 0.25) is 0 Å². The number of nitro groups is 1. The summed E-state index contributed by atoms with van der Waals surface area (Å²) in [6, 6.07) is 8.94. The summed E-state index contributed by atoms with van der Waals surface area (Å²) in [6.45, 7) is 6.28. The third kappa shape index (κ3) is 3.16. The Morgan fingerprint density at radius 2 is 1.90 bits per heavy atom. The van der Waals surface area contributed by atoms with Gasteiger partial charge in [-0.25, -0.2) is 0 Å². The first-order valence-corrected chi connectivity index (χ1v) is 6.86. The number of aromatic nitrogens is 1. The van der Waals surface area contributed by atoms with Gasteiger partial charge in [0.1, 0.15) is 5.69 Å². The molecule has 0 saturated carbocycles. The van der Waals surface area contributed by atoms with Crippen LogP contribution in [0.5, 0.6) is 5.75 Å². The molecule has 1 heterocycles. The molecule has 1 aromatic carbocycles. The summed E-state index contributed by atoms with van der Waals surface area (Å²) in [4.78, 5) is 11.0. The number of aryl methyl sites for hydroxylation is 2. The Kier molecular flexibility index (Phi) is 4.47. The zero-order chi connectivity index (χ0) is 15.4. The third-order valence-electron chi connectivity index (χ3n) is 3.15. The predicted molar refractivity (Wildman–Crippen MR) is 81.8 cm³/mol. The van der Waals surface area contributed by atoms with Crippen LogP contribution in [0.25, 0.3) is 0 Å². The first kappa shape index (κ1) is 14.9. The number of nitro benzene ring substituents is 1. The molecule has 0 spiro atoms. The van der Waals surface area contributed by atoms with Gasteiger partial charge in [0.25, 0.3) is 0 Å². The van der Waals surface area contributed by atoms with Crippen LogP contribution >= 0.6 is 0 Å². The molecule has 21 heavy (non-hydrogen) atoms. The van der Waals surface area contributed by atoms with Crippen molar-refractivity contribution in [1.82, 2.24) is 4.68 Å². The van der Waals surface area contributed by atoms with Crippen molar-refractivity contribution < 1.29 is 9.66 Å². The van der Waals surface area contributed by atoms with E-state index in [4.69, 9.17) is 4.74 Å². The molecule has 0 radical (unpaired) electrons. The molecule has 2 rings (SSSR count). The Labute approximate surface area is 123 Å². The van der Waals surface area contributed by atoms with E-state index in [1.165, 1.54) is 0 Å². The molecule has 0 aliphatic carbocycles. The highest BCUT2D eigenvalue weighted by molar-refractivity contribution is 5.68. The van der Waals surface area contributed by atoms with Crippen LogP contribution in [0.15, 0.2) is 30.3 Å². The van der Waals surface area contributed by atoms with E-state index in [9.17, 15) is 10.1 Å². The molecule has 0 fully saturated rings. The monoisotopic (exact) mass is 289 g/mol. The Hall–Kier alpha value is -2.50. The van der Waals surface area contributed by atoms with E-state index in [-0.39, 0.29) is 11.4 Å². The van der Waals surface area contributed by atoms with Gasteiger partial charge in [-0.05, 0) is 44.5 Å². The number of nitrogens with one attached hydrogen (secondary N) is 1. The van der Waals surface area contributed by atoms with Gasteiger partial charge in [-0.2, -0.15) is 0 Å². The van der Waals surface area contributed by atoms with E-state index in [2.05, 4.69) is 5.43 Å². The van der Waals surface area contributed by atoms with Crippen LogP contribution in [0.2, 0.25) is 0 Å². The fourth-order valence-electron chi connectivity index (χ4n) is 2.09. The summed E-state index contributed by atoms with van der Waals surface area (Å²) in [5.74, 6) is 0.286. The van der Waals surface area contributed by atoms with Gasteiger partial charge >= 0.3 is 5.69 Å². The second-order valence-corrected chi connectivity index (χ2v) is 4.82. The molecule has 0 aliphatic heterocycles. The lowest BCUT2D eigenvalue weighted by Gasteiger charge is -2.14. The minimum Gasteiger partial charge on any atom is -0.487 e. The molecular weight excluding hydrogens is 270 g/mol. The molecular formula is C15H19N3O3. The topological polar surface area (TPSA) is 69.3 Å². The van der Waals surface area contributed by atoms with Crippen LogP contribution in [0.1, 0.15) is 24.7 Å². The van der Waals surface area contributed by atoms with Crippen molar-refractivity contribution in [2.45, 2.75) is 27.2 Å². The molecule has 0 atom stereocenters. The number of nitrogens with zero attached hydrogens (tertiary/aromatic N) is 2. The van der Waals surface area contributed by atoms with Crippen LogP contribution in [-0.4, -0.2) is 16.2 Å². The molecule has 0 unspecified atom stereocenters. The number of hydrogen-bond acceptors (Lipinski definition) is 4. The van der Waals surface area contributed by atoms with Crippen molar-refractivity contribution >= 4 is 11.4 Å². The number of hydrogen-bond donors (Lipinski definition) is 1. The smallest absolute Gasteiger partial charge is 0.335 e.